The normalized spacial score (nSPS) is 12.5. The van der Waals surface area contributed by atoms with Crippen LogP contribution in [0.25, 0.3) is 0 Å². The van der Waals surface area contributed by atoms with Crippen molar-refractivity contribution >= 4 is 23.2 Å². The summed E-state index contributed by atoms with van der Waals surface area (Å²) in [6.07, 6.45) is -4.36. The van der Waals surface area contributed by atoms with Crippen LogP contribution in [0, 0.1) is 5.82 Å². The van der Waals surface area contributed by atoms with E-state index in [1.807, 2.05) is 91.0 Å². The summed E-state index contributed by atoms with van der Waals surface area (Å²) < 4.78 is 54.2. The molecule has 4 aromatic carbocycles. The zero-order chi connectivity index (χ0) is 21.9. The van der Waals surface area contributed by atoms with E-state index in [1.54, 1.807) is 0 Å². The van der Waals surface area contributed by atoms with Crippen LogP contribution in [0.15, 0.2) is 109 Å². The first-order valence-corrected chi connectivity index (χ1v) is 12.1. The molecule has 0 heterocycles. The summed E-state index contributed by atoms with van der Waals surface area (Å²) in [7, 11) is -2.75. The first-order chi connectivity index (χ1) is 14.9. The molecule has 0 spiro atoms. The molecule has 0 radical (unpaired) electrons. The van der Waals surface area contributed by atoms with E-state index in [0.29, 0.717) is 11.7 Å². The predicted octanol–water partition coefficient (Wildman–Crippen LogP) is 6.07. The van der Waals surface area contributed by atoms with Crippen LogP contribution in [0.2, 0.25) is 0 Å². The Labute approximate surface area is 179 Å². The standard InChI is InChI=1S/C26H21F4P/c27-25-17-16-20(18-24(25)26(28,29)30)19-31(21-10-4-1-5-11-21,22-12-6-2-7-13-22)23-14-8-3-9-15-23/h1-18,31H,19H2. The van der Waals surface area contributed by atoms with E-state index in [4.69, 9.17) is 0 Å². The van der Waals surface area contributed by atoms with Crippen LogP contribution in [0.4, 0.5) is 17.6 Å². The average Bonchev–Trinajstić information content (AvgIpc) is 2.79. The Morgan fingerprint density at radius 2 is 1.00 bits per heavy atom. The summed E-state index contributed by atoms with van der Waals surface area (Å²) >= 11 is 0. The molecule has 0 N–H and O–H groups in total. The van der Waals surface area contributed by atoms with Crippen molar-refractivity contribution in [3.8, 4) is 0 Å². The van der Waals surface area contributed by atoms with E-state index in [2.05, 4.69) is 0 Å². The van der Waals surface area contributed by atoms with Gasteiger partial charge in [-0.05, 0) is 0 Å². The van der Waals surface area contributed by atoms with Crippen LogP contribution < -0.4 is 15.9 Å². The zero-order valence-corrected chi connectivity index (χ0v) is 17.6. The van der Waals surface area contributed by atoms with E-state index in [9.17, 15) is 17.6 Å². The van der Waals surface area contributed by atoms with E-state index < -0.39 is 24.8 Å². The summed E-state index contributed by atoms with van der Waals surface area (Å²) in [5, 5.41) is 3.26. The van der Waals surface area contributed by atoms with Crippen LogP contribution >= 0.6 is 7.26 Å². The molecule has 158 valence electrons. The maximum atomic E-state index is 14.0. The molecule has 0 amide bonds. The second kappa shape index (κ2) is 8.64. The van der Waals surface area contributed by atoms with Crippen molar-refractivity contribution in [2.75, 3.05) is 0 Å². The fourth-order valence-electron chi connectivity index (χ4n) is 4.18. The fourth-order valence-corrected chi connectivity index (χ4v) is 8.91. The molecule has 31 heavy (non-hydrogen) atoms. The van der Waals surface area contributed by atoms with Gasteiger partial charge in [0.15, 0.2) is 0 Å². The van der Waals surface area contributed by atoms with Crippen molar-refractivity contribution in [2.24, 2.45) is 0 Å². The molecule has 0 aromatic heterocycles. The molecule has 0 fully saturated rings. The Morgan fingerprint density at radius 1 is 0.581 bits per heavy atom. The van der Waals surface area contributed by atoms with E-state index in [0.717, 1.165) is 28.0 Å². The summed E-state index contributed by atoms with van der Waals surface area (Å²) in [5.41, 5.74) is -0.751. The Hall–Kier alpha value is -2.97. The molecular formula is C26H21F4P. The number of hydrogen-bond donors (Lipinski definition) is 0. The Balaban J connectivity index is 1.98. The predicted molar refractivity (Wildman–Crippen MR) is 122 cm³/mol. The molecule has 0 atom stereocenters. The van der Waals surface area contributed by atoms with E-state index in [1.165, 1.54) is 6.07 Å². The monoisotopic (exact) mass is 440 g/mol. The quantitative estimate of drug-likeness (QED) is 0.261. The molecule has 0 nitrogen and oxygen atoms in total. The first-order valence-electron chi connectivity index (χ1n) is 9.93. The molecular weight excluding hydrogens is 419 g/mol. The number of rotatable bonds is 5. The molecule has 0 aliphatic carbocycles. The van der Waals surface area contributed by atoms with Crippen LogP contribution in [0.1, 0.15) is 11.1 Å². The Bertz CT molecular complexity index is 1040. The van der Waals surface area contributed by atoms with Crippen LogP contribution in [0.5, 0.6) is 0 Å². The summed E-state index contributed by atoms with van der Waals surface area (Å²) in [6.45, 7) is 0. The van der Waals surface area contributed by atoms with Crippen molar-refractivity contribution in [1.29, 1.82) is 0 Å². The van der Waals surface area contributed by atoms with Gasteiger partial charge in [-0.15, -0.1) is 0 Å². The van der Waals surface area contributed by atoms with Gasteiger partial charge in [0.2, 0.25) is 0 Å². The zero-order valence-electron chi connectivity index (χ0n) is 16.6. The number of alkyl halides is 3. The molecule has 0 saturated heterocycles. The van der Waals surface area contributed by atoms with Crippen LogP contribution in [-0.4, -0.2) is 0 Å². The van der Waals surface area contributed by atoms with Gasteiger partial charge in [0, 0.05) is 0 Å². The second-order valence-corrected chi connectivity index (χ2v) is 11.4. The van der Waals surface area contributed by atoms with Crippen molar-refractivity contribution < 1.29 is 17.6 Å². The minimum atomic E-state index is -4.74. The van der Waals surface area contributed by atoms with Gasteiger partial charge in [-0.25, -0.2) is 0 Å². The molecule has 0 aliphatic rings. The Kier molecular flexibility index (Phi) is 5.93. The van der Waals surface area contributed by atoms with Crippen molar-refractivity contribution in [3.05, 3.63) is 126 Å². The number of hydrogen-bond acceptors (Lipinski definition) is 0. The SMILES string of the molecule is Fc1ccc(C[PH](c2ccccc2)(c2ccccc2)c2ccccc2)cc1C(F)(F)F. The third kappa shape index (κ3) is 4.26. The fraction of sp³-hybridized carbons (Fsp3) is 0.0769. The van der Waals surface area contributed by atoms with Crippen molar-refractivity contribution in [3.63, 3.8) is 0 Å². The van der Waals surface area contributed by atoms with E-state index >= 15 is 0 Å². The van der Waals surface area contributed by atoms with E-state index in [-0.39, 0.29) is 0 Å². The minimum absolute atomic E-state index is 0.383. The Morgan fingerprint density at radius 3 is 1.39 bits per heavy atom. The van der Waals surface area contributed by atoms with Gasteiger partial charge < -0.3 is 0 Å². The average molecular weight is 440 g/mol. The van der Waals surface area contributed by atoms with Gasteiger partial charge >= 0.3 is 179 Å². The van der Waals surface area contributed by atoms with Gasteiger partial charge in [0.1, 0.15) is 0 Å². The molecule has 4 aromatic rings. The van der Waals surface area contributed by atoms with Crippen LogP contribution in [0.3, 0.4) is 0 Å². The molecule has 0 unspecified atom stereocenters. The number of halogens is 4. The van der Waals surface area contributed by atoms with Gasteiger partial charge in [-0.2, -0.15) is 0 Å². The molecule has 0 aliphatic heterocycles. The molecule has 5 heteroatoms. The van der Waals surface area contributed by atoms with Gasteiger partial charge in [-0.3, -0.25) is 0 Å². The summed E-state index contributed by atoms with van der Waals surface area (Å²) in [5.74, 6) is -1.25. The van der Waals surface area contributed by atoms with Crippen LogP contribution in [-0.2, 0) is 12.3 Å². The third-order valence-corrected chi connectivity index (χ3v) is 10.5. The van der Waals surface area contributed by atoms with Gasteiger partial charge in [0.25, 0.3) is 0 Å². The molecule has 4 rings (SSSR count). The van der Waals surface area contributed by atoms with Gasteiger partial charge in [-0.1, -0.05) is 0 Å². The number of benzene rings is 4. The first kappa shape index (κ1) is 21.3. The topological polar surface area (TPSA) is 0 Å². The third-order valence-electron chi connectivity index (χ3n) is 5.61. The van der Waals surface area contributed by atoms with Crippen molar-refractivity contribution in [2.45, 2.75) is 12.3 Å². The second-order valence-electron chi connectivity index (χ2n) is 7.49. The maximum absolute atomic E-state index is 14.0. The summed E-state index contributed by atoms with van der Waals surface area (Å²) in [4.78, 5) is 0. The molecule has 0 saturated carbocycles. The molecule has 0 bridgehead atoms. The summed E-state index contributed by atoms with van der Waals surface area (Å²) in [6, 6.07) is 33.1. The van der Waals surface area contributed by atoms with Crippen molar-refractivity contribution in [1.82, 2.24) is 0 Å². The van der Waals surface area contributed by atoms with Gasteiger partial charge in [0.05, 0.1) is 0 Å².